The van der Waals surface area contributed by atoms with Gasteiger partial charge in [-0.1, -0.05) is 12.1 Å². The molecule has 0 atom stereocenters. The predicted molar refractivity (Wildman–Crippen MR) is 80.0 cm³/mol. The van der Waals surface area contributed by atoms with Gasteiger partial charge < -0.3 is 14.0 Å². The average Bonchev–Trinajstić information content (AvgIpc) is 3.15. The van der Waals surface area contributed by atoms with Crippen molar-refractivity contribution in [1.29, 1.82) is 0 Å². The Morgan fingerprint density at radius 3 is 2.15 bits per heavy atom. The second-order valence-electron chi connectivity index (χ2n) is 6.98. The van der Waals surface area contributed by atoms with E-state index in [1.807, 2.05) is 12.1 Å². The lowest BCUT2D eigenvalue weighted by atomic mass is 9.64. The molecule has 1 aliphatic carbocycles. The number of rotatable bonds is 3. The van der Waals surface area contributed by atoms with Gasteiger partial charge in [-0.05, 0) is 58.2 Å². The highest BCUT2D eigenvalue weighted by Crippen LogP contribution is 2.55. The van der Waals surface area contributed by atoms with Gasteiger partial charge in [0.15, 0.2) is 0 Å². The van der Waals surface area contributed by atoms with Crippen molar-refractivity contribution in [3.05, 3.63) is 29.8 Å². The molecule has 1 saturated carbocycles. The maximum Gasteiger partial charge on any atom is 0.469 e. The monoisotopic (exact) mass is 274 g/mol. The molecule has 0 amide bonds. The SMILES string of the molecule is COc1cccc(C2(B3OC(C)(C)C(C)(C)O3)CC2)c1. The molecule has 0 bridgehead atoms. The molecule has 1 aromatic rings. The van der Waals surface area contributed by atoms with Gasteiger partial charge in [0.1, 0.15) is 5.75 Å². The van der Waals surface area contributed by atoms with Crippen LogP contribution >= 0.6 is 0 Å². The second kappa shape index (κ2) is 4.25. The molecular weight excluding hydrogens is 251 g/mol. The Morgan fingerprint density at radius 1 is 1.05 bits per heavy atom. The number of hydrogen-bond acceptors (Lipinski definition) is 3. The van der Waals surface area contributed by atoms with E-state index in [0.29, 0.717) is 0 Å². The molecule has 1 heterocycles. The molecular formula is C16H23BO3. The normalized spacial score (nSPS) is 25.6. The van der Waals surface area contributed by atoms with E-state index in [-0.39, 0.29) is 23.6 Å². The van der Waals surface area contributed by atoms with E-state index in [0.717, 1.165) is 18.6 Å². The molecule has 0 spiro atoms. The van der Waals surface area contributed by atoms with Crippen LogP contribution in [-0.4, -0.2) is 25.4 Å². The Kier molecular flexibility index (Phi) is 2.97. The van der Waals surface area contributed by atoms with Gasteiger partial charge in [0, 0.05) is 5.31 Å². The highest BCUT2D eigenvalue weighted by Gasteiger charge is 2.65. The molecule has 0 N–H and O–H groups in total. The standard InChI is InChI=1S/C16H23BO3/c1-14(2)15(3,4)20-17(19-14)16(9-10-16)12-7-6-8-13(11-12)18-5/h6-8,11H,9-10H2,1-5H3. The summed E-state index contributed by atoms with van der Waals surface area (Å²) < 4.78 is 17.9. The average molecular weight is 274 g/mol. The second-order valence-corrected chi connectivity index (χ2v) is 6.98. The largest absolute Gasteiger partial charge is 0.497 e. The molecule has 3 nitrogen and oxygen atoms in total. The Morgan fingerprint density at radius 2 is 1.65 bits per heavy atom. The van der Waals surface area contributed by atoms with Crippen LogP contribution in [0.5, 0.6) is 5.75 Å². The molecule has 1 aromatic carbocycles. The minimum absolute atomic E-state index is 0.000417. The van der Waals surface area contributed by atoms with E-state index in [2.05, 4.69) is 39.8 Å². The highest BCUT2D eigenvalue weighted by molar-refractivity contribution is 6.51. The zero-order chi connectivity index (χ0) is 14.6. The molecule has 108 valence electrons. The van der Waals surface area contributed by atoms with Crippen molar-refractivity contribution in [2.45, 2.75) is 57.1 Å². The van der Waals surface area contributed by atoms with Crippen LogP contribution in [0.1, 0.15) is 46.1 Å². The van der Waals surface area contributed by atoms with Crippen molar-refractivity contribution in [2.24, 2.45) is 0 Å². The molecule has 1 aliphatic heterocycles. The summed E-state index contributed by atoms with van der Waals surface area (Å²) in [7, 11) is 1.53. The van der Waals surface area contributed by atoms with Gasteiger partial charge in [-0.2, -0.15) is 0 Å². The zero-order valence-corrected chi connectivity index (χ0v) is 13.0. The summed E-state index contributed by atoms with van der Waals surface area (Å²) in [4.78, 5) is 0. The van der Waals surface area contributed by atoms with Crippen molar-refractivity contribution in [2.75, 3.05) is 7.11 Å². The summed E-state index contributed by atoms with van der Waals surface area (Å²) in [6, 6.07) is 8.28. The maximum absolute atomic E-state index is 6.26. The Hall–Kier alpha value is -0.995. The Balaban J connectivity index is 1.90. The van der Waals surface area contributed by atoms with E-state index in [1.165, 1.54) is 5.56 Å². The Labute approximate surface area is 121 Å². The summed E-state index contributed by atoms with van der Waals surface area (Å²) in [5.74, 6) is 0.894. The van der Waals surface area contributed by atoms with Crippen LogP contribution in [0.15, 0.2) is 24.3 Å². The van der Waals surface area contributed by atoms with Crippen LogP contribution in [0.4, 0.5) is 0 Å². The maximum atomic E-state index is 6.26. The zero-order valence-electron chi connectivity index (χ0n) is 13.0. The third kappa shape index (κ3) is 1.97. The summed E-state index contributed by atoms with van der Waals surface area (Å²) in [5.41, 5.74) is 0.716. The predicted octanol–water partition coefficient (Wildman–Crippen LogP) is 3.36. The fourth-order valence-electron chi connectivity index (χ4n) is 2.80. The van der Waals surface area contributed by atoms with E-state index < -0.39 is 0 Å². The molecule has 2 aliphatic rings. The van der Waals surface area contributed by atoms with Crippen LogP contribution in [0.3, 0.4) is 0 Å². The van der Waals surface area contributed by atoms with E-state index in [9.17, 15) is 0 Å². The highest BCUT2D eigenvalue weighted by atomic mass is 16.7. The fraction of sp³-hybridized carbons (Fsp3) is 0.625. The van der Waals surface area contributed by atoms with Crippen molar-refractivity contribution >= 4 is 7.12 Å². The quantitative estimate of drug-likeness (QED) is 0.791. The smallest absolute Gasteiger partial charge is 0.469 e. The third-order valence-electron chi connectivity index (χ3n) is 5.14. The first kappa shape index (κ1) is 14.0. The summed E-state index contributed by atoms with van der Waals surface area (Å²) >= 11 is 0. The first-order valence-corrected chi connectivity index (χ1v) is 7.31. The van der Waals surface area contributed by atoms with Gasteiger partial charge >= 0.3 is 7.12 Å². The molecule has 0 radical (unpaired) electrons. The van der Waals surface area contributed by atoms with Gasteiger partial charge in [-0.3, -0.25) is 0 Å². The van der Waals surface area contributed by atoms with Crippen molar-refractivity contribution in [3.8, 4) is 5.75 Å². The van der Waals surface area contributed by atoms with Gasteiger partial charge in [0.2, 0.25) is 0 Å². The minimum atomic E-state index is -0.272. The van der Waals surface area contributed by atoms with Crippen molar-refractivity contribution < 1.29 is 14.0 Å². The Bertz CT molecular complexity index is 504. The van der Waals surface area contributed by atoms with Gasteiger partial charge in [0.25, 0.3) is 0 Å². The van der Waals surface area contributed by atoms with Gasteiger partial charge in [0.05, 0.1) is 18.3 Å². The van der Waals surface area contributed by atoms with Crippen LogP contribution in [-0.2, 0) is 14.6 Å². The molecule has 0 unspecified atom stereocenters. The lowest BCUT2D eigenvalue weighted by Gasteiger charge is -2.32. The molecule has 20 heavy (non-hydrogen) atoms. The van der Waals surface area contributed by atoms with Crippen LogP contribution in [0.2, 0.25) is 0 Å². The lowest BCUT2D eigenvalue weighted by molar-refractivity contribution is 0.00578. The summed E-state index contributed by atoms with van der Waals surface area (Å²) in [6.45, 7) is 8.42. The number of hydrogen-bond donors (Lipinski definition) is 0. The van der Waals surface area contributed by atoms with Crippen molar-refractivity contribution in [3.63, 3.8) is 0 Å². The van der Waals surface area contributed by atoms with E-state index in [1.54, 1.807) is 7.11 Å². The van der Waals surface area contributed by atoms with Crippen LogP contribution < -0.4 is 4.74 Å². The lowest BCUT2D eigenvalue weighted by Crippen LogP contribution is -2.41. The topological polar surface area (TPSA) is 27.7 Å². The van der Waals surface area contributed by atoms with Crippen LogP contribution in [0.25, 0.3) is 0 Å². The van der Waals surface area contributed by atoms with Crippen molar-refractivity contribution in [1.82, 2.24) is 0 Å². The first-order chi connectivity index (χ1) is 9.31. The molecule has 3 rings (SSSR count). The van der Waals surface area contributed by atoms with Gasteiger partial charge in [-0.25, -0.2) is 0 Å². The summed E-state index contributed by atoms with van der Waals surface area (Å²) in [6.07, 6.45) is 2.22. The number of methoxy groups -OCH3 is 1. The molecule has 4 heteroatoms. The minimum Gasteiger partial charge on any atom is -0.497 e. The number of benzene rings is 1. The number of ether oxygens (including phenoxy) is 1. The molecule has 1 saturated heterocycles. The van der Waals surface area contributed by atoms with E-state index >= 15 is 0 Å². The van der Waals surface area contributed by atoms with E-state index in [4.69, 9.17) is 14.0 Å². The van der Waals surface area contributed by atoms with Crippen LogP contribution in [0, 0.1) is 0 Å². The molecule has 2 fully saturated rings. The summed E-state index contributed by atoms with van der Waals surface area (Å²) in [5, 5.41) is -0.000417. The van der Waals surface area contributed by atoms with Gasteiger partial charge in [-0.15, -0.1) is 0 Å². The first-order valence-electron chi connectivity index (χ1n) is 7.31. The third-order valence-corrected chi connectivity index (χ3v) is 5.14. The fourth-order valence-corrected chi connectivity index (χ4v) is 2.80. The molecule has 0 aromatic heterocycles.